The predicted molar refractivity (Wildman–Crippen MR) is 151 cm³/mol. The van der Waals surface area contributed by atoms with Crippen LogP contribution in [0, 0.1) is 0 Å². The van der Waals surface area contributed by atoms with Gasteiger partial charge < -0.3 is 40.2 Å². The Balaban J connectivity index is -0.000000961. The normalized spacial score (nSPS) is 9.83. The highest BCUT2D eigenvalue weighted by atomic mass is 35.5. The van der Waals surface area contributed by atoms with Crippen molar-refractivity contribution in [2.45, 2.75) is 38.8 Å². The number of azo groups is 1. The van der Waals surface area contributed by atoms with E-state index >= 15 is 0 Å². The van der Waals surface area contributed by atoms with Gasteiger partial charge in [-0.05, 0) is 76.1 Å². The van der Waals surface area contributed by atoms with Crippen LogP contribution < -0.4 is 44.8 Å². The monoisotopic (exact) mass is 595 g/mol. The Kier molecular flexibility index (Phi) is 29.2. The van der Waals surface area contributed by atoms with Gasteiger partial charge in [0.1, 0.15) is 5.69 Å². The number of anilines is 1. The molecule has 0 amide bonds. The molecule has 2 rings (SSSR count). The van der Waals surface area contributed by atoms with Crippen LogP contribution in [0.15, 0.2) is 46.9 Å². The molecule has 0 aliphatic carbocycles. The van der Waals surface area contributed by atoms with Crippen LogP contribution in [0.5, 0.6) is 0 Å². The standard InChI is InChI=1S/C21H38N9.5ClH/c22-9-1-13-28(14-2-10-23)20-7-5-19(6-8-20)26-27-21-29(15-3-11-24)17-18-30(21)16-4-12-25;;;;;/h5-8,17-18H,1-4,9-16,22-25H2;5*1H/q+1;;;;;/p-1. The smallest absolute Gasteiger partial charge is 0.421 e. The molecule has 0 saturated carbocycles. The lowest BCUT2D eigenvalue weighted by atomic mass is 10.2. The molecule has 0 unspecified atom stereocenters. The molecule has 0 saturated heterocycles. The maximum absolute atomic E-state index is 5.68. The lowest BCUT2D eigenvalue weighted by molar-refractivity contribution is -0.683. The molecule has 206 valence electrons. The third kappa shape index (κ3) is 14.4. The number of hydrogen-bond donors (Lipinski definition) is 4. The van der Waals surface area contributed by atoms with Crippen molar-refractivity contribution >= 4 is 67.0 Å². The van der Waals surface area contributed by atoms with Crippen LogP contribution in [0.2, 0.25) is 0 Å². The first-order chi connectivity index (χ1) is 14.7. The van der Waals surface area contributed by atoms with E-state index in [1.54, 1.807) is 0 Å². The number of nitrogens with zero attached hydrogens (tertiary/aromatic N) is 5. The van der Waals surface area contributed by atoms with Gasteiger partial charge in [-0.1, -0.05) is 5.11 Å². The summed E-state index contributed by atoms with van der Waals surface area (Å²) in [7, 11) is 0. The SMILES string of the molecule is Cl.Cl.Cl.Cl.NCCCN(CCCN)c1ccc(/N=N/c2n(CCCN)cc[n+]2CCCN)cc1.[Cl-]. The minimum atomic E-state index is 0. The fourth-order valence-corrected chi connectivity index (χ4v) is 3.21. The highest BCUT2D eigenvalue weighted by Crippen LogP contribution is 2.22. The summed E-state index contributed by atoms with van der Waals surface area (Å²) in [4.78, 5) is 2.32. The van der Waals surface area contributed by atoms with Crippen molar-refractivity contribution < 1.29 is 17.0 Å². The van der Waals surface area contributed by atoms with Crippen molar-refractivity contribution in [1.29, 1.82) is 0 Å². The van der Waals surface area contributed by atoms with E-state index in [9.17, 15) is 0 Å². The van der Waals surface area contributed by atoms with Gasteiger partial charge in [-0.15, -0.1) is 49.6 Å². The molecule has 0 aliphatic heterocycles. The zero-order chi connectivity index (χ0) is 21.6. The Hall–Kier alpha value is -0.880. The van der Waals surface area contributed by atoms with Gasteiger partial charge in [0.05, 0.1) is 25.5 Å². The number of imidazole rings is 1. The first-order valence-corrected chi connectivity index (χ1v) is 10.9. The fraction of sp³-hybridized carbons (Fsp3) is 0.571. The fourth-order valence-electron chi connectivity index (χ4n) is 3.21. The first kappa shape index (κ1) is 41.3. The Morgan fingerprint density at radius 2 is 1.29 bits per heavy atom. The summed E-state index contributed by atoms with van der Waals surface area (Å²) in [5, 5.41) is 9.01. The van der Waals surface area contributed by atoms with Gasteiger partial charge in [-0.3, -0.25) is 0 Å². The average Bonchev–Trinajstić information content (AvgIpc) is 3.16. The molecule has 0 radical (unpaired) electrons. The lowest BCUT2D eigenvalue weighted by Crippen LogP contribution is -3.00. The number of aryl methyl sites for hydroxylation is 2. The largest absolute Gasteiger partial charge is 1.00 e. The number of aromatic nitrogens is 2. The summed E-state index contributed by atoms with van der Waals surface area (Å²) in [5.41, 5.74) is 24.7. The van der Waals surface area contributed by atoms with Crippen molar-refractivity contribution in [1.82, 2.24) is 4.57 Å². The van der Waals surface area contributed by atoms with Gasteiger partial charge in [-0.25, -0.2) is 9.13 Å². The summed E-state index contributed by atoms with van der Waals surface area (Å²) in [6, 6.07) is 8.15. The number of rotatable bonds is 15. The first-order valence-electron chi connectivity index (χ1n) is 10.9. The molecule has 0 aliphatic rings. The summed E-state index contributed by atoms with van der Waals surface area (Å²) in [6.07, 6.45) is 7.74. The number of benzene rings is 1. The molecule has 0 bridgehead atoms. The number of hydrogen-bond acceptors (Lipinski definition) is 7. The van der Waals surface area contributed by atoms with E-state index in [-0.39, 0.29) is 62.0 Å². The van der Waals surface area contributed by atoms with Crippen molar-refractivity contribution in [2.24, 2.45) is 33.2 Å². The highest BCUT2D eigenvalue weighted by Gasteiger charge is 2.16. The van der Waals surface area contributed by atoms with Crippen molar-refractivity contribution in [2.75, 3.05) is 44.2 Å². The van der Waals surface area contributed by atoms with Gasteiger partial charge >= 0.3 is 5.95 Å². The molecule has 1 aromatic heterocycles. The van der Waals surface area contributed by atoms with Crippen LogP contribution in [0.1, 0.15) is 25.7 Å². The van der Waals surface area contributed by atoms with Crippen molar-refractivity contribution in [3.63, 3.8) is 0 Å². The Morgan fingerprint density at radius 3 is 1.80 bits per heavy atom. The predicted octanol–water partition coefficient (Wildman–Crippen LogP) is 0.0838. The lowest BCUT2D eigenvalue weighted by Gasteiger charge is -2.24. The van der Waals surface area contributed by atoms with Crippen LogP contribution in [0.4, 0.5) is 17.3 Å². The van der Waals surface area contributed by atoms with E-state index in [1.165, 1.54) is 0 Å². The van der Waals surface area contributed by atoms with Crippen LogP contribution in [-0.2, 0) is 13.1 Å². The minimum Gasteiger partial charge on any atom is -1.00 e. The topological polar surface area (TPSA) is 141 Å². The van der Waals surface area contributed by atoms with Crippen molar-refractivity contribution in [3.8, 4) is 0 Å². The molecule has 0 spiro atoms. The summed E-state index contributed by atoms with van der Waals surface area (Å²) in [6.45, 7) is 6.13. The van der Waals surface area contributed by atoms with Crippen LogP contribution in [0.3, 0.4) is 0 Å². The van der Waals surface area contributed by atoms with Crippen LogP contribution in [0.25, 0.3) is 0 Å². The second-order valence-corrected chi connectivity index (χ2v) is 7.26. The van der Waals surface area contributed by atoms with Crippen LogP contribution in [-0.4, -0.2) is 43.8 Å². The van der Waals surface area contributed by atoms with E-state index in [0.717, 1.165) is 69.2 Å². The molecule has 2 aromatic rings. The highest BCUT2D eigenvalue weighted by molar-refractivity contribution is 5.86. The second kappa shape index (κ2) is 24.8. The molecular weight excluding hydrogens is 556 g/mol. The molecule has 0 atom stereocenters. The molecule has 0 fully saturated rings. The third-order valence-corrected chi connectivity index (χ3v) is 4.88. The van der Waals surface area contributed by atoms with Crippen LogP contribution >= 0.6 is 49.6 Å². The van der Waals surface area contributed by atoms with E-state index in [2.05, 4.69) is 36.4 Å². The van der Waals surface area contributed by atoms with Gasteiger partial charge in [0, 0.05) is 23.9 Å². The Morgan fingerprint density at radius 1 is 0.743 bits per heavy atom. The quantitative estimate of drug-likeness (QED) is 0.170. The maximum atomic E-state index is 5.68. The Bertz CT molecular complexity index is 727. The van der Waals surface area contributed by atoms with Gasteiger partial charge in [-0.2, -0.15) is 0 Å². The van der Waals surface area contributed by atoms with E-state index in [4.69, 9.17) is 22.9 Å². The van der Waals surface area contributed by atoms with Crippen molar-refractivity contribution in [3.05, 3.63) is 36.7 Å². The molecular formula is C21H42Cl5N9. The van der Waals surface area contributed by atoms with E-state index in [0.29, 0.717) is 26.2 Å². The minimum absolute atomic E-state index is 0. The number of nitrogens with two attached hydrogens (primary N) is 4. The molecule has 8 N–H and O–H groups in total. The maximum Gasteiger partial charge on any atom is 0.421 e. The molecule has 1 heterocycles. The zero-order valence-electron chi connectivity index (χ0n) is 20.0. The Labute approximate surface area is 240 Å². The molecule has 9 nitrogen and oxygen atoms in total. The third-order valence-electron chi connectivity index (χ3n) is 4.88. The number of halogens is 5. The summed E-state index contributed by atoms with van der Waals surface area (Å²) < 4.78 is 4.17. The molecule has 35 heavy (non-hydrogen) atoms. The summed E-state index contributed by atoms with van der Waals surface area (Å²) in [5.74, 6) is 0.813. The van der Waals surface area contributed by atoms with Gasteiger partial charge in [0.25, 0.3) is 0 Å². The molecule has 14 heteroatoms. The van der Waals surface area contributed by atoms with Gasteiger partial charge in [0.15, 0.2) is 0 Å². The second-order valence-electron chi connectivity index (χ2n) is 7.26. The zero-order valence-corrected chi connectivity index (χ0v) is 24.0. The van der Waals surface area contributed by atoms with E-state index < -0.39 is 0 Å². The van der Waals surface area contributed by atoms with Gasteiger partial charge in [0.2, 0.25) is 0 Å². The molecule has 1 aromatic carbocycles. The summed E-state index contributed by atoms with van der Waals surface area (Å²) >= 11 is 0. The van der Waals surface area contributed by atoms with E-state index in [1.807, 2.05) is 24.5 Å². The average molecular weight is 598 g/mol.